The molecule has 0 atom stereocenters. The molecule has 2 rings (SSSR count). The lowest BCUT2D eigenvalue weighted by Gasteiger charge is -2.13. The zero-order valence-electron chi connectivity index (χ0n) is 12.6. The summed E-state index contributed by atoms with van der Waals surface area (Å²) in [6.07, 6.45) is 0. The van der Waals surface area contributed by atoms with E-state index >= 15 is 0 Å². The maximum absolute atomic E-state index is 12.3. The van der Waals surface area contributed by atoms with E-state index in [0.717, 1.165) is 18.2 Å². The molecule has 0 fully saturated rings. The lowest BCUT2D eigenvalue weighted by molar-refractivity contribution is -0.385. The van der Waals surface area contributed by atoms with E-state index in [1.54, 1.807) is 31.2 Å². The number of carbonyl (C=O) groups is 2. The highest BCUT2D eigenvalue weighted by Crippen LogP contribution is 2.25. The fourth-order valence-corrected chi connectivity index (χ4v) is 2.05. The Hall–Kier alpha value is -3.42. The topological polar surface area (TPSA) is 122 Å². The number of nitro benzene ring substituents is 1. The van der Waals surface area contributed by atoms with E-state index in [4.69, 9.17) is 4.74 Å². The molecule has 0 saturated heterocycles. The van der Waals surface area contributed by atoms with E-state index in [1.165, 1.54) is 0 Å². The van der Waals surface area contributed by atoms with Crippen molar-refractivity contribution in [3.63, 3.8) is 0 Å². The van der Waals surface area contributed by atoms with Gasteiger partial charge in [0.05, 0.1) is 23.2 Å². The molecular weight excluding hydrogens is 316 g/mol. The number of benzene rings is 2. The van der Waals surface area contributed by atoms with Gasteiger partial charge in [-0.3, -0.25) is 14.9 Å². The third-order valence-corrected chi connectivity index (χ3v) is 3.11. The molecule has 1 N–H and O–H groups in total. The zero-order chi connectivity index (χ0) is 17.7. The van der Waals surface area contributed by atoms with E-state index in [9.17, 15) is 24.8 Å². The Morgan fingerprint density at radius 2 is 1.88 bits per heavy atom. The average Bonchev–Trinajstić information content (AvgIpc) is 2.56. The average molecular weight is 329 g/mol. The molecule has 124 valence electrons. The number of hydrogen-bond acceptors (Lipinski definition) is 6. The number of carboxylic acid groups (broad SMARTS) is 1. The summed E-state index contributed by atoms with van der Waals surface area (Å²) in [7, 11) is 0. The van der Waals surface area contributed by atoms with E-state index in [0.29, 0.717) is 18.0 Å². The number of carboxylic acids is 1. The Morgan fingerprint density at radius 3 is 2.50 bits per heavy atom. The summed E-state index contributed by atoms with van der Waals surface area (Å²) < 4.78 is 5.37. The number of nitro groups is 1. The summed E-state index contributed by atoms with van der Waals surface area (Å²) in [4.78, 5) is 33.5. The fourth-order valence-electron chi connectivity index (χ4n) is 2.05. The number of nitrogens with one attached hydrogen (secondary N) is 1. The van der Waals surface area contributed by atoms with Crippen LogP contribution in [0.15, 0.2) is 42.5 Å². The molecule has 8 nitrogen and oxygen atoms in total. The molecule has 0 aliphatic carbocycles. The molecule has 8 heteroatoms. The van der Waals surface area contributed by atoms with Crippen LogP contribution in [0.2, 0.25) is 0 Å². The van der Waals surface area contributed by atoms with Crippen molar-refractivity contribution in [1.82, 2.24) is 0 Å². The highest BCUT2D eigenvalue weighted by atomic mass is 16.6. The number of non-ortho nitro benzene ring substituents is 1. The van der Waals surface area contributed by atoms with Gasteiger partial charge < -0.3 is 20.0 Å². The summed E-state index contributed by atoms with van der Waals surface area (Å²) >= 11 is 0. The van der Waals surface area contributed by atoms with Crippen LogP contribution in [-0.4, -0.2) is 23.4 Å². The predicted molar refractivity (Wildman–Crippen MR) is 83.0 cm³/mol. The van der Waals surface area contributed by atoms with Gasteiger partial charge in [-0.15, -0.1) is 0 Å². The van der Waals surface area contributed by atoms with Crippen molar-refractivity contribution in [2.45, 2.75) is 6.92 Å². The molecule has 1 amide bonds. The van der Waals surface area contributed by atoms with Crippen molar-refractivity contribution in [1.29, 1.82) is 0 Å². The van der Waals surface area contributed by atoms with Crippen LogP contribution < -0.4 is 15.2 Å². The molecule has 2 aromatic rings. The van der Waals surface area contributed by atoms with Gasteiger partial charge in [-0.05, 0) is 25.1 Å². The Bertz CT molecular complexity index is 803. The molecule has 0 radical (unpaired) electrons. The maximum atomic E-state index is 12.3. The van der Waals surface area contributed by atoms with Crippen LogP contribution in [-0.2, 0) is 0 Å². The third-order valence-electron chi connectivity index (χ3n) is 3.11. The normalized spacial score (nSPS) is 10.0. The SMILES string of the molecule is CCOc1ccccc1NC(=O)c1ccc([N+](=O)[O-])cc1C(=O)[O-]. The highest BCUT2D eigenvalue weighted by Gasteiger charge is 2.18. The maximum Gasteiger partial charge on any atom is 0.270 e. The minimum atomic E-state index is -1.68. The van der Waals surface area contributed by atoms with E-state index < -0.39 is 28.1 Å². The molecule has 2 aromatic carbocycles. The van der Waals surface area contributed by atoms with Crippen molar-refractivity contribution in [2.24, 2.45) is 0 Å². The first-order chi connectivity index (χ1) is 11.4. The van der Waals surface area contributed by atoms with Gasteiger partial charge in [0.1, 0.15) is 5.75 Å². The van der Waals surface area contributed by atoms with Crippen molar-refractivity contribution in [2.75, 3.05) is 11.9 Å². The van der Waals surface area contributed by atoms with Gasteiger partial charge >= 0.3 is 0 Å². The van der Waals surface area contributed by atoms with Crippen LogP contribution in [0.5, 0.6) is 5.75 Å². The molecule has 0 aliphatic rings. The largest absolute Gasteiger partial charge is 0.545 e. The second-order valence-corrected chi connectivity index (χ2v) is 4.66. The van der Waals surface area contributed by atoms with Crippen LogP contribution in [0.25, 0.3) is 0 Å². The fraction of sp³-hybridized carbons (Fsp3) is 0.125. The summed E-state index contributed by atoms with van der Waals surface area (Å²) in [5.41, 5.74) is -0.894. The van der Waals surface area contributed by atoms with Gasteiger partial charge in [-0.1, -0.05) is 12.1 Å². The van der Waals surface area contributed by atoms with Crippen LogP contribution in [0.4, 0.5) is 11.4 Å². The molecule has 0 bridgehead atoms. The van der Waals surface area contributed by atoms with Gasteiger partial charge in [0.25, 0.3) is 11.6 Å². The Kier molecular flexibility index (Phi) is 5.10. The summed E-state index contributed by atoms with van der Waals surface area (Å²) in [6.45, 7) is 2.16. The number of amides is 1. The minimum Gasteiger partial charge on any atom is -0.545 e. The highest BCUT2D eigenvalue weighted by molar-refractivity contribution is 6.11. The first-order valence-electron chi connectivity index (χ1n) is 6.97. The van der Waals surface area contributed by atoms with E-state index in [-0.39, 0.29) is 5.56 Å². The number of ether oxygens (including phenoxy) is 1. The quantitative estimate of drug-likeness (QED) is 0.634. The molecule has 0 heterocycles. The third kappa shape index (κ3) is 3.67. The van der Waals surface area contributed by atoms with Crippen molar-refractivity contribution < 1.29 is 24.4 Å². The van der Waals surface area contributed by atoms with Crippen LogP contribution in [0.3, 0.4) is 0 Å². The van der Waals surface area contributed by atoms with E-state index in [1.807, 2.05) is 0 Å². The molecular formula is C16H13N2O6-. The lowest BCUT2D eigenvalue weighted by atomic mass is 10.1. The predicted octanol–water partition coefficient (Wildman–Crippen LogP) is 1.61. The van der Waals surface area contributed by atoms with Crippen molar-refractivity contribution >= 4 is 23.3 Å². The zero-order valence-corrected chi connectivity index (χ0v) is 12.6. The Balaban J connectivity index is 2.37. The first kappa shape index (κ1) is 16.9. The summed E-state index contributed by atoms with van der Waals surface area (Å²) in [5, 5.41) is 24.5. The first-order valence-corrected chi connectivity index (χ1v) is 6.97. The van der Waals surface area contributed by atoms with Crippen LogP contribution in [0.1, 0.15) is 27.6 Å². The van der Waals surface area contributed by atoms with Gasteiger partial charge in [0, 0.05) is 23.3 Å². The number of rotatable bonds is 6. The summed E-state index contributed by atoms with van der Waals surface area (Å²) in [6, 6.07) is 9.55. The Morgan fingerprint density at radius 1 is 1.17 bits per heavy atom. The van der Waals surface area contributed by atoms with Gasteiger partial charge in [0.15, 0.2) is 0 Å². The van der Waals surface area contributed by atoms with Crippen molar-refractivity contribution in [3.8, 4) is 5.75 Å². The van der Waals surface area contributed by atoms with Gasteiger partial charge in [-0.2, -0.15) is 0 Å². The standard InChI is InChI=1S/C16H14N2O6/c1-2-24-14-6-4-3-5-13(14)17-15(19)11-8-7-10(18(22)23)9-12(11)16(20)21/h3-9H,2H2,1H3,(H,17,19)(H,20,21)/p-1. The number of carbonyl (C=O) groups excluding carboxylic acids is 2. The van der Waals surface area contributed by atoms with Crippen molar-refractivity contribution in [3.05, 3.63) is 63.7 Å². The number of hydrogen-bond donors (Lipinski definition) is 1. The second kappa shape index (κ2) is 7.23. The lowest BCUT2D eigenvalue weighted by Crippen LogP contribution is -2.26. The number of nitrogens with zero attached hydrogens (tertiary/aromatic N) is 1. The number of anilines is 1. The number of aromatic carboxylic acids is 1. The van der Waals surface area contributed by atoms with Gasteiger partial charge in [0.2, 0.25) is 0 Å². The molecule has 24 heavy (non-hydrogen) atoms. The number of para-hydroxylation sites is 2. The molecule has 0 saturated carbocycles. The smallest absolute Gasteiger partial charge is 0.270 e. The molecule has 0 unspecified atom stereocenters. The minimum absolute atomic E-state index is 0.244. The van der Waals surface area contributed by atoms with Crippen LogP contribution in [0, 0.1) is 10.1 Å². The molecule has 0 aliphatic heterocycles. The Labute approximate surface area is 136 Å². The molecule has 0 spiro atoms. The van der Waals surface area contributed by atoms with Gasteiger partial charge in [-0.25, -0.2) is 0 Å². The monoisotopic (exact) mass is 329 g/mol. The molecule has 0 aromatic heterocycles. The van der Waals surface area contributed by atoms with Crippen LogP contribution >= 0.6 is 0 Å². The van der Waals surface area contributed by atoms with E-state index in [2.05, 4.69) is 5.32 Å². The summed E-state index contributed by atoms with van der Waals surface area (Å²) in [5.74, 6) is -2.00. The second-order valence-electron chi connectivity index (χ2n) is 4.66.